The largest absolute Gasteiger partial charge is 0.478 e. The van der Waals surface area contributed by atoms with E-state index in [1.54, 1.807) is 4.90 Å². The lowest BCUT2D eigenvalue weighted by Gasteiger charge is -2.26. The van der Waals surface area contributed by atoms with E-state index >= 15 is 0 Å². The Bertz CT molecular complexity index is 519. The lowest BCUT2D eigenvalue weighted by Crippen LogP contribution is -2.38. The minimum atomic E-state index is -1.00. The van der Waals surface area contributed by atoms with Gasteiger partial charge >= 0.3 is 12.1 Å². The number of aromatic carboxylic acids is 1. The number of nitrogens with zero attached hydrogens (tertiary/aromatic N) is 1. The van der Waals surface area contributed by atoms with Crippen LogP contribution < -0.4 is 5.32 Å². The minimum absolute atomic E-state index is 0.142. The van der Waals surface area contributed by atoms with Crippen molar-refractivity contribution in [2.75, 3.05) is 19.6 Å². The van der Waals surface area contributed by atoms with E-state index in [0.717, 1.165) is 6.42 Å². The molecule has 1 heterocycles. The van der Waals surface area contributed by atoms with Gasteiger partial charge < -0.3 is 24.5 Å². The summed E-state index contributed by atoms with van der Waals surface area (Å²) in [5, 5.41) is 12.0. The summed E-state index contributed by atoms with van der Waals surface area (Å²) in [7, 11) is 0. The average Bonchev–Trinajstić information content (AvgIpc) is 2.89. The van der Waals surface area contributed by atoms with Crippen LogP contribution in [0.4, 0.5) is 4.79 Å². The van der Waals surface area contributed by atoms with Crippen molar-refractivity contribution in [2.45, 2.75) is 46.3 Å². The van der Waals surface area contributed by atoms with Gasteiger partial charge in [-0.05, 0) is 46.7 Å². The van der Waals surface area contributed by atoms with Crippen molar-refractivity contribution in [1.29, 1.82) is 0 Å². The van der Waals surface area contributed by atoms with Crippen LogP contribution >= 0.6 is 0 Å². The Morgan fingerprint density at radius 3 is 2.61 bits per heavy atom. The summed E-state index contributed by atoms with van der Waals surface area (Å²) in [6.45, 7) is 9.76. The van der Waals surface area contributed by atoms with Gasteiger partial charge in [0, 0.05) is 13.1 Å². The highest BCUT2D eigenvalue weighted by Gasteiger charge is 2.20. The van der Waals surface area contributed by atoms with E-state index in [-0.39, 0.29) is 11.7 Å². The zero-order valence-corrected chi connectivity index (χ0v) is 14.2. The van der Waals surface area contributed by atoms with Gasteiger partial charge in [-0.2, -0.15) is 0 Å². The highest BCUT2D eigenvalue weighted by molar-refractivity contribution is 5.87. The number of carbonyl (C=O) groups is 2. The van der Waals surface area contributed by atoms with Crippen molar-refractivity contribution in [3.63, 3.8) is 0 Å². The highest BCUT2D eigenvalue weighted by Crippen LogP contribution is 2.10. The van der Waals surface area contributed by atoms with Gasteiger partial charge in [0.05, 0.1) is 12.1 Å². The third-order valence-electron chi connectivity index (χ3n) is 3.01. The Labute approximate surface area is 136 Å². The predicted molar refractivity (Wildman–Crippen MR) is 85.5 cm³/mol. The fraction of sp³-hybridized carbons (Fsp3) is 0.625. The average molecular weight is 326 g/mol. The third-order valence-corrected chi connectivity index (χ3v) is 3.01. The summed E-state index contributed by atoms with van der Waals surface area (Å²) in [6.07, 6.45) is 1.68. The van der Waals surface area contributed by atoms with Crippen LogP contribution in [-0.2, 0) is 11.3 Å². The second kappa shape index (κ2) is 8.57. The zero-order chi connectivity index (χ0) is 17.5. The highest BCUT2D eigenvalue weighted by atomic mass is 16.6. The van der Waals surface area contributed by atoms with Gasteiger partial charge in [-0.1, -0.05) is 0 Å². The SMILES string of the molecule is CCN(CCCNCc1cc(C(=O)O)co1)C(=O)OC(C)(C)C. The molecule has 0 atom stereocenters. The molecule has 23 heavy (non-hydrogen) atoms. The van der Waals surface area contributed by atoms with Gasteiger partial charge in [0.2, 0.25) is 0 Å². The van der Waals surface area contributed by atoms with Crippen LogP contribution in [0.25, 0.3) is 0 Å². The summed E-state index contributed by atoms with van der Waals surface area (Å²) < 4.78 is 10.5. The van der Waals surface area contributed by atoms with E-state index in [0.29, 0.717) is 31.9 Å². The molecule has 0 aliphatic carbocycles. The Morgan fingerprint density at radius 1 is 1.39 bits per heavy atom. The molecule has 0 bridgehead atoms. The van der Waals surface area contributed by atoms with Crippen LogP contribution in [0.2, 0.25) is 0 Å². The molecule has 130 valence electrons. The van der Waals surface area contributed by atoms with Gasteiger partial charge in [0.15, 0.2) is 0 Å². The van der Waals surface area contributed by atoms with Crippen molar-refractivity contribution in [3.8, 4) is 0 Å². The molecular formula is C16H26N2O5. The molecule has 0 radical (unpaired) electrons. The fourth-order valence-corrected chi connectivity index (χ4v) is 1.90. The number of hydrogen-bond acceptors (Lipinski definition) is 5. The fourth-order valence-electron chi connectivity index (χ4n) is 1.90. The van der Waals surface area contributed by atoms with Crippen LogP contribution in [0.15, 0.2) is 16.7 Å². The maximum atomic E-state index is 12.0. The lowest BCUT2D eigenvalue weighted by molar-refractivity contribution is 0.0258. The number of rotatable bonds is 8. The predicted octanol–water partition coefficient (Wildman–Crippen LogP) is 2.71. The molecule has 7 heteroatoms. The number of carboxylic acids is 1. The van der Waals surface area contributed by atoms with E-state index in [9.17, 15) is 9.59 Å². The van der Waals surface area contributed by atoms with Crippen LogP contribution in [0.5, 0.6) is 0 Å². The molecule has 0 aliphatic heterocycles. The maximum absolute atomic E-state index is 12.0. The van der Waals surface area contributed by atoms with E-state index in [1.807, 2.05) is 27.7 Å². The number of carbonyl (C=O) groups excluding carboxylic acids is 1. The Kier molecular flexibility index (Phi) is 7.09. The minimum Gasteiger partial charge on any atom is -0.478 e. The molecule has 1 rings (SSSR count). The van der Waals surface area contributed by atoms with Crippen molar-refractivity contribution in [3.05, 3.63) is 23.7 Å². The van der Waals surface area contributed by atoms with Gasteiger partial charge in [-0.15, -0.1) is 0 Å². The molecule has 1 aromatic heterocycles. The molecule has 0 saturated heterocycles. The number of carboxylic acid groups (broad SMARTS) is 1. The summed E-state index contributed by atoms with van der Waals surface area (Å²) in [5.41, 5.74) is -0.354. The Morgan fingerprint density at radius 2 is 2.09 bits per heavy atom. The summed E-state index contributed by atoms with van der Waals surface area (Å²) in [4.78, 5) is 24.3. The first-order valence-corrected chi connectivity index (χ1v) is 7.72. The molecule has 0 unspecified atom stereocenters. The van der Waals surface area contributed by atoms with Crippen molar-refractivity contribution in [1.82, 2.24) is 10.2 Å². The monoisotopic (exact) mass is 326 g/mol. The van der Waals surface area contributed by atoms with Gasteiger partial charge in [0.1, 0.15) is 17.6 Å². The number of ether oxygens (including phenoxy) is 1. The van der Waals surface area contributed by atoms with Crippen LogP contribution in [-0.4, -0.2) is 47.3 Å². The third kappa shape index (κ3) is 7.19. The van der Waals surface area contributed by atoms with Crippen LogP contribution in [0, 0.1) is 0 Å². The van der Waals surface area contributed by atoms with E-state index < -0.39 is 11.6 Å². The molecule has 2 N–H and O–H groups in total. The topological polar surface area (TPSA) is 92.0 Å². The van der Waals surface area contributed by atoms with Crippen LogP contribution in [0.1, 0.15) is 50.2 Å². The first-order valence-electron chi connectivity index (χ1n) is 7.72. The first kappa shape index (κ1) is 19.0. The van der Waals surface area contributed by atoms with Crippen molar-refractivity contribution >= 4 is 12.1 Å². The Hall–Kier alpha value is -2.02. The molecule has 0 spiro atoms. The molecule has 0 saturated carbocycles. The number of hydrogen-bond donors (Lipinski definition) is 2. The second-order valence-electron chi connectivity index (χ2n) is 6.20. The smallest absolute Gasteiger partial charge is 0.410 e. The lowest BCUT2D eigenvalue weighted by atomic mass is 10.2. The standard InChI is InChI=1S/C16H26N2O5/c1-5-18(15(21)23-16(2,3)4)8-6-7-17-10-13-9-12(11-22-13)14(19)20/h9,11,17H,5-8,10H2,1-4H3,(H,19,20). The van der Waals surface area contributed by atoms with Gasteiger partial charge in [-0.25, -0.2) is 9.59 Å². The molecule has 0 aliphatic rings. The van der Waals surface area contributed by atoms with E-state index in [2.05, 4.69) is 5.32 Å². The number of nitrogens with one attached hydrogen (secondary N) is 1. The molecule has 1 aromatic rings. The number of amides is 1. The number of furan rings is 1. The van der Waals surface area contributed by atoms with Gasteiger partial charge in [0.25, 0.3) is 0 Å². The summed E-state index contributed by atoms with van der Waals surface area (Å²) >= 11 is 0. The molecule has 0 fully saturated rings. The van der Waals surface area contributed by atoms with Crippen molar-refractivity contribution in [2.24, 2.45) is 0 Å². The maximum Gasteiger partial charge on any atom is 0.410 e. The van der Waals surface area contributed by atoms with Gasteiger partial charge in [-0.3, -0.25) is 0 Å². The van der Waals surface area contributed by atoms with E-state index in [4.69, 9.17) is 14.3 Å². The van der Waals surface area contributed by atoms with E-state index in [1.165, 1.54) is 12.3 Å². The zero-order valence-electron chi connectivity index (χ0n) is 14.2. The first-order chi connectivity index (χ1) is 10.7. The molecule has 0 aromatic carbocycles. The molecule has 7 nitrogen and oxygen atoms in total. The normalized spacial score (nSPS) is 11.3. The quantitative estimate of drug-likeness (QED) is 0.714. The van der Waals surface area contributed by atoms with Crippen LogP contribution in [0.3, 0.4) is 0 Å². The molecule has 1 amide bonds. The summed E-state index contributed by atoms with van der Waals surface area (Å²) in [5.74, 6) is -0.433. The molecular weight excluding hydrogens is 300 g/mol. The second-order valence-corrected chi connectivity index (χ2v) is 6.20. The summed E-state index contributed by atoms with van der Waals surface area (Å²) in [6, 6.07) is 1.49. The Balaban J connectivity index is 2.26. The van der Waals surface area contributed by atoms with Crippen molar-refractivity contribution < 1.29 is 23.8 Å².